The maximum absolute atomic E-state index is 12.6. The van der Waals surface area contributed by atoms with E-state index in [4.69, 9.17) is 14.2 Å². The average Bonchev–Trinajstić information content (AvgIpc) is 2.55. The van der Waals surface area contributed by atoms with Crippen LogP contribution in [0, 0.1) is 6.92 Å². The molecule has 0 fully saturated rings. The largest absolute Gasteiger partial charge is 0.497 e. The summed E-state index contributed by atoms with van der Waals surface area (Å²) in [6.07, 6.45) is 0. The number of aryl methyl sites for hydroxylation is 1. The summed E-state index contributed by atoms with van der Waals surface area (Å²) in [4.78, 5) is 0.0380. The van der Waals surface area contributed by atoms with Crippen molar-refractivity contribution in [2.24, 2.45) is 0 Å². The van der Waals surface area contributed by atoms with Crippen LogP contribution in [0.3, 0.4) is 0 Å². The number of hydrogen-bond donors (Lipinski definition) is 1. The van der Waals surface area contributed by atoms with Crippen LogP contribution in [-0.4, -0.2) is 29.7 Å². The number of hydrogen-bond acceptors (Lipinski definition) is 5. The van der Waals surface area contributed by atoms with Crippen molar-refractivity contribution in [3.8, 4) is 17.2 Å². The van der Waals surface area contributed by atoms with Gasteiger partial charge in [-0.1, -0.05) is 0 Å². The fraction of sp³-hybridized carbons (Fsp3) is 0.250. The van der Waals surface area contributed by atoms with Gasteiger partial charge < -0.3 is 14.2 Å². The summed E-state index contributed by atoms with van der Waals surface area (Å²) in [5, 5.41) is 0. The van der Waals surface area contributed by atoms with Crippen LogP contribution in [0.2, 0.25) is 0 Å². The van der Waals surface area contributed by atoms with Gasteiger partial charge in [-0.3, -0.25) is 4.72 Å². The van der Waals surface area contributed by atoms with Gasteiger partial charge in [0.05, 0.1) is 27.0 Å². The first-order chi connectivity index (χ1) is 10.9. The molecular weight excluding hydrogens is 318 g/mol. The summed E-state index contributed by atoms with van der Waals surface area (Å²) in [5.41, 5.74) is 1.23. The van der Waals surface area contributed by atoms with E-state index in [2.05, 4.69) is 4.72 Å². The van der Waals surface area contributed by atoms with Crippen LogP contribution in [0.15, 0.2) is 41.3 Å². The lowest BCUT2D eigenvalue weighted by atomic mass is 10.2. The number of nitrogens with one attached hydrogen (secondary N) is 1. The first-order valence-corrected chi connectivity index (χ1v) is 8.29. The number of anilines is 1. The second-order valence-electron chi connectivity index (χ2n) is 4.80. The smallest absolute Gasteiger partial charge is 0.265 e. The predicted octanol–water partition coefficient (Wildman–Crippen LogP) is 2.82. The quantitative estimate of drug-likeness (QED) is 0.877. The third-order valence-electron chi connectivity index (χ3n) is 3.34. The molecule has 0 aromatic heterocycles. The van der Waals surface area contributed by atoms with Gasteiger partial charge in [-0.05, 0) is 42.8 Å². The molecule has 0 aliphatic rings. The Morgan fingerprint density at radius 3 is 2.04 bits per heavy atom. The average molecular weight is 337 g/mol. The second kappa shape index (κ2) is 6.78. The molecule has 0 aliphatic heterocycles. The Balaban J connectivity index is 2.39. The maximum Gasteiger partial charge on any atom is 0.265 e. The van der Waals surface area contributed by atoms with Gasteiger partial charge >= 0.3 is 0 Å². The molecule has 0 unspecified atom stereocenters. The molecule has 0 amide bonds. The molecule has 23 heavy (non-hydrogen) atoms. The summed E-state index contributed by atoms with van der Waals surface area (Å²) < 4.78 is 43.2. The topological polar surface area (TPSA) is 73.9 Å². The first-order valence-electron chi connectivity index (χ1n) is 6.80. The third kappa shape index (κ3) is 3.68. The Kier molecular flexibility index (Phi) is 5.00. The van der Waals surface area contributed by atoms with E-state index in [1.54, 1.807) is 38.3 Å². The van der Waals surface area contributed by atoms with Gasteiger partial charge in [0.2, 0.25) is 0 Å². The van der Waals surface area contributed by atoms with Crippen LogP contribution in [0.4, 0.5) is 5.69 Å². The first kappa shape index (κ1) is 17.0. The van der Waals surface area contributed by atoms with E-state index in [1.807, 2.05) is 0 Å². The molecular formula is C16H19NO5S. The molecule has 0 heterocycles. The Morgan fingerprint density at radius 1 is 0.870 bits per heavy atom. The van der Waals surface area contributed by atoms with Crippen molar-refractivity contribution < 1.29 is 22.6 Å². The van der Waals surface area contributed by atoms with Crippen LogP contribution in [0.1, 0.15) is 5.56 Å². The predicted molar refractivity (Wildman–Crippen MR) is 88.1 cm³/mol. The molecule has 2 aromatic carbocycles. The normalized spacial score (nSPS) is 11.0. The van der Waals surface area contributed by atoms with E-state index in [-0.39, 0.29) is 10.6 Å². The number of methoxy groups -OCH3 is 3. The molecule has 0 saturated carbocycles. The molecule has 0 radical (unpaired) electrons. The molecule has 0 bridgehead atoms. The summed E-state index contributed by atoms with van der Waals surface area (Å²) in [7, 11) is 0.673. The molecule has 1 N–H and O–H groups in total. The molecule has 0 spiro atoms. The Bertz CT molecular complexity index is 802. The Morgan fingerprint density at radius 2 is 1.48 bits per heavy atom. The van der Waals surface area contributed by atoms with Crippen LogP contribution >= 0.6 is 0 Å². The van der Waals surface area contributed by atoms with E-state index >= 15 is 0 Å². The zero-order valence-corrected chi connectivity index (χ0v) is 14.2. The molecule has 6 nitrogen and oxygen atoms in total. The second-order valence-corrected chi connectivity index (χ2v) is 6.45. The lowest BCUT2D eigenvalue weighted by Gasteiger charge is -2.14. The lowest BCUT2D eigenvalue weighted by molar-refractivity contribution is 0.386. The molecule has 0 atom stereocenters. The number of sulfonamides is 1. The zero-order valence-electron chi connectivity index (χ0n) is 13.4. The van der Waals surface area contributed by atoms with Crippen molar-refractivity contribution in [2.75, 3.05) is 26.1 Å². The number of benzene rings is 2. The monoisotopic (exact) mass is 337 g/mol. The third-order valence-corrected chi connectivity index (χ3v) is 4.74. The van der Waals surface area contributed by atoms with Crippen molar-refractivity contribution in [1.82, 2.24) is 0 Å². The minimum absolute atomic E-state index is 0.0380. The lowest BCUT2D eigenvalue weighted by Crippen LogP contribution is -2.15. The van der Waals surface area contributed by atoms with Gasteiger partial charge in [0.25, 0.3) is 10.0 Å². The van der Waals surface area contributed by atoms with Gasteiger partial charge in [-0.2, -0.15) is 0 Å². The van der Waals surface area contributed by atoms with Crippen LogP contribution in [0.5, 0.6) is 17.2 Å². The fourth-order valence-corrected chi connectivity index (χ4v) is 3.36. The van der Waals surface area contributed by atoms with Crippen LogP contribution in [0.25, 0.3) is 0 Å². The summed E-state index contributed by atoms with van der Waals surface area (Å²) in [5.74, 6) is 1.39. The van der Waals surface area contributed by atoms with Crippen molar-refractivity contribution in [3.63, 3.8) is 0 Å². The van der Waals surface area contributed by atoms with E-state index in [9.17, 15) is 8.42 Å². The van der Waals surface area contributed by atoms with Crippen molar-refractivity contribution in [2.45, 2.75) is 11.8 Å². The van der Waals surface area contributed by atoms with Gasteiger partial charge in [-0.15, -0.1) is 0 Å². The summed E-state index contributed by atoms with van der Waals surface area (Å²) in [6, 6.07) is 9.63. The highest BCUT2D eigenvalue weighted by Gasteiger charge is 2.21. The molecule has 2 aromatic rings. The highest BCUT2D eigenvalue weighted by Crippen LogP contribution is 2.31. The highest BCUT2D eigenvalue weighted by molar-refractivity contribution is 7.92. The summed E-state index contributed by atoms with van der Waals surface area (Å²) >= 11 is 0. The molecule has 2 rings (SSSR count). The van der Waals surface area contributed by atoms with E-state index in [0.717, 1.165) is 5.56 Å². The molecule has 7 heteroatoms. The van der Waals surface area contributed by atoms with E-state index < -0.39 is 10.0 Å². The van der Waals surface area contributed by atoms with Crippen LogP contribution in [-0.2, 0) is 10.0 Å². The van der Waals surface area contributed by atoms with E-state index in [1.165, 1.54) is 26.4 Å². The van der Waals surface area contributed by atoms with Gasteiger partial charge in [0.1, 0.15) is 22.1 Å². The zero-order chi connectivity index (χ0) is 17.0. The van der Waals surface area contributed by atoms with Crippen molar-refractivity contribution in [3.05, 3.63) is 42.0 Å². The van der Waals surface area contributed by atoms with Gasteiger partial charge in [0.15, 0.2) is 0 Å². The van der Waals surface area contributed by atoms with E-state index in [0.29, 0.717) is 17.2 Å². The number of rotatable bonds is 6. The summed E-state index contributed by atoms with van der Waals surface area (Å²) in [6.45, 7) is 1.80. The Hall–Kier alpha value is -2.41. The van der Waals surface area contributed by atoms with Crippen molar-refractivity contribution >= 4 is 15.7 Å². The minimum atomic E-state index is -3.79. The Labute approximate surface area is 136 Å². The van der Waals surface area contributed by atoms with Crippen molar-refractivity contribution in [1.29, 1.82) is 0 Å². The molecule has 0 aliphatic carbocycles. The standard InChI is InChI=1S/C16H19NO5S/c1-11-9-12(20-2)5-7-14(11)17-23(18,19)16-8-6-13(21-3)10-15(16)22-4/h5-10,17H,1-4H3. The minimum Gasteiger partial charge on any atom is -0.497 e. The molecule has 0 saturated heterocycles. The SMILES string of the molecule is COc1ccc(NS(=O)(=O)c2ccc(OC)cc2OC)c(C)c1. The highest BCUT2D eigenvalue weighted by atomic mass is 32.2. The molecule has 124 valence electrons. The van der Waals surface area contributed by atoms with Crippen LogP contribution < -0.4 is 18.9 Å². The maximum atomic E-state index is 12.6. The fourth-order valence-electron chi connectivity index (χ4n) is 2.07. The van der Waals surface area contributed by atoms with Gasteiger partial charge in [-0.25, -0.2) is 8.42 Å². The number of ether oxygens (including phenoxy) is 3. The van der Waals surface area contributed by atoms with Gasteiger partial charge in [0, 0.05) is 6.07 Å².